The lowest BCUT2D eigenvalue weighted by molar-refractivity contribution is -0.00752. The quantitative estimate of drug-likeness (QED) is 0.324. The highest BCUT2D eigenvalue weighted by atomic mass is 16.5. The fourth-order valence-electron chi connectivity index (χ4n) is 5.17. The Labute approximate surface area is 225 Å². The third kappa shape index (κ3) is 5.55. The summed E-state index contributed by atoms with van der Waals surface area (Å²) in [5.41, 5.74) is 8.53. The first-order valence-electron chi connectivity index (χ1n) is 13.4. The first kappa shape index (κ1) is 25.9. The molecular formula is C32H36N2O4. The molecular weight excluding hydrogens is 476 g/mol. The highest BCUT2D eigenvalue weighted by Gasteiger charge is 2.31. The van der Waals surface area contributed by atoms with Crippen molar-refractivity contribution in [2.24, 2.45) is 0 Å². The summed E-state index contributed by atoms with van der Waals surface area (Å²) in [5.74, 6) is 1.67. The predicted octanol–water partition coefficient (Wildman–Crippen LogP) is 5.86. The van der Waals surface area contributed by atoms with Gasteiger partial charge >= 0.3 is 0 Å². The second kappa shape index (κ2) is 11.3. The van der Waals surface area contributed by atoms with Gasteiger partial charge in [0.15, 0.2) is 5.78 Å². The standard InChI is InChI=1S/C32H36N2O4/c1-5-25-23(17-20(2)26-10-9-22(21(3)35)18-31(26)36-4)7-6-8-27(25)28-11-12-30(32(34-28)29-19-33-29)38-24-13-15-37-16-14-24/h6-12,17-19,24,32-34H,5,13-16H2,1-4H3/b20-17+. The van der Waals surface area contributed by atoms with E-state index in [0.29, 0.717) is 11.3 Å². The Morgan fingerprint density at radius 3 is 2.61 bits per heavy atom. The smallest absolute Gasteiger partial charge is 0.159 e. The van der Waals surface area contributed by atoms with Gasteiger partial charge < -0.3 is 24.8 Å². The highest BCUT2D eigenvalue weighted by Crippen LogP contribution is 2.33. The fourth-order valence-corrected chi connectivity index (χ4v) is 5.17. The van der Waals surface area contributed by atoms with Crippen LogP contribution in [0.5, 0.6) is 5.75 Å². The van der Waals surface area contributed by atoms with Crippen LogP contribution < -0.4 is 15.4 Å². The summed E-state index contributed by atoms with van der Waals surface area (Å²) in [7, 11) is 1.64. The number of hydrogen-bond acceptors (Lipinski definition) is 6. The zero-order valence-corrected chi connectivity index (χ0v) is 22.6. The Morgan fingerprint density at radius 2 is 1.92 bits per heavy atom. The zero-order valence-electron chi connectivity index (χ0n) is 22.6. The van der Waals surface area contributed by atoms with Gasteiger partial charge in [-0.3, -0.25) is 4.79 Å². The van der Waals surface area contributed by atoms with Crippen LogP contribution in [0.4, 0.5) is 0 Å². The van der Waals surface area contributed by atoms with E-state index in [1.807, 2.05) is 24.4 Å². The van der Waals surface area contributed by atoms with Crippen LogP contribution >= 0.6 is 0 Å². The lowest BCUT2D eigenvalue weighted by Crippen LogP contribution is -2.36. The highest BCUT2D eigenvalue weighted by molar-refractivity contribution is 5.95. The van der Waals surface area contributed by atoms with Crippen molar-refractivity contribution in [1.82, 2.24) is 10.6 Å². The number of allylic oxidation sites excluding steroid dienone is 3. The molecule has 3 aliphatic rings. The van der Waals surface area contributed by atoms with Crippen molar-refractivity contribution < 1.29 is 19.0 Å². The van der Waals surface area contributed by atoms with Crippen LogP contribution in [0.15, 0.2) is 66.2 Å². The van der Waals surface area contributed by atoms with Gasteiger partial charge in [0.25, 0.3) is 0 Å². The number of methoxy groups -OCH3 is 1. The molecule has 3 aliphatic heterocycles. The van der Waals surface area contributed by atoms with Gasteiger partial charge in [-0.25, -0.2) is 0 Å². The van der Waals surface area contributed by atoms with Crippen LogP contribution in [0.3, 0.4) is 0 Å². The molecule has 1 saturated heterocycles. The average Bonchev–Trinajstić information content (AvgIpc) is 3.79. The first-order valence-corrected chi connectivity index (χ1v) is 13.4. The van der Waals surface area contributed by atoms with Gasteiger partial charge in [0.1, 0.15) is 23.7 Å². The first-order chi connectivity index (χ1) is 18.5. The number of nitrogens with one attached hydrogen (secondary N) is 2. The Hall–Kier alpha value is -3.77. The van der Waals surface area contributed by atoms with Crippen LogP contribution in [0.2, 0.25) is 0 Å². The minimum atomic E-state index is -0.0208. The number of dihydropyridines is 1. The number of ketones is 1. The summed E-state index contributed by atoms with van der Waals surface area (Å²) in [4.78, 5) is 11.8. The normalized spacial score (nSPS) is 19.4. The van der Waals surface area contributed by atoms with Gasteiger partial charge in [0, 0.05) is 41.4 Å². The minimum Gasteiger partial charge on any atom is -0.496 e. The molecule has 2 aromatic rings. The van der Waals surface area contributed by atoms with E-state index < -0.39 is 0 Å². The zero-order chi connectivity index (χ0) is 26.6. The molecule has 1 unspecified atom stereocenters. The Bertz CT molecular complexity index is 1350. The van der Waals surface area contributed by atoms with Gasteiger partial charge in [-0.15, -0.1) is 0 Å². The second-order valence-electron chi connectivity index (χ2n) is 9.93. The van der Waals surface area contributed by atoms with Crippen molar-refractivity contribution in [3.8, 4) is 5.75 Å². The minimum absolute atomic E-state index is 0.0208. The maximum atomic E-state index is 11.8. The summed E-state index contributed by atoms with van der Waals surface area (Å²) in [5, 5.41) is 6.99. The molecule has 0 spiro atoms. The van der Waals surface area contributed by atoms with Crippen molar-refractivity contribution in [1.29, 1.82) is 0 Å². The van der Waals surface area contributed by atoms with E-state index in [4.69, 9.17) is 14.2 Å². The number of rotatable bonds is 9. The van der Waals surface area contributed by atoms with Crippen LogP contribution in [0.25, 0.3) is 17.3 Å². The van der Waals surface area contributed by atoms with E-state index in [-0.39, 0.29) is 17.9 Å². The fraction of sp³-hybridized carbons (Fsp3) is 0.344. The van der Waals surface area contributed by atoms with E-state index in [9.17, 15) is 4.79 Å². The molecule has 0 aromatic heterocycles. The molecule has 2 aromatic carbocycles. The van der Waals surface area contributed by atoms with Crippen LogP contribution in [0, 0.1) is 0 Å². The number of carbonyl (C=O) groups excluding carboxylic acids is 1. The third-order valence-electron chi connectivity index (χ3n) is 7.35. The van der Waals surface area contributed by atoms with Crippen molar-refractivity contribution in [3.63, 3.8) is 0 Å². The van der Waals surface area contributed by atoms with Gasteiger partial charge in [0.2, 0.25) is 0 Å². The largest absolute Gasteiger partial charge is 0.496 e. The molecule has 0 saturated carbocycles. The van der Waals surface area contributed by atoms with Crippen LogP contribution in [0.1, 0.15) is 66.2 Å². The maximum Gasteiger partial charge on any atom is 0.159 e. The lowest BCUT2D eigenvalue weighted by atomic mass is 9.92. The molecule has 2 N–H and O–H groups in total. The molecule has 0 bridgehead atoms. The predicted molar refractivity (Wildman–Crippen MR) is 151 cm³/mol. The molecule has 3 heterocycles. The Kier molecular flexibility index (Phi) is 7.70. The lowest BCUT2D eigenvalue weighted by Gasteiger charge is -2.31. The summed E-state index contributed by atoms with van der Waals surface area (Å²) in [6, 6.07) is 12.1. The number of benzene rings is 2. The van der Waals surface area contributed by atoms with E-state index in [1.54, 1.807) is 14.0 Å². The van der Waals surface area contributed by atoms with Gasteiger partial charge in [-0.2, -0.15) is 0 Å². The number of ether oxygens (including phenoxy) is 3. The SMILES string of the molecule is CCc1c(/C=C(\C)c2ccc(C(C)=O)cc2OC)cccc1C1=CC=C(OC2CCOCC2)C(C2=CN2)N1. The molecule has 198 valence electrons. The van der Waals surface area contributed by atoms with Crippen molar-refractivity contribution >= 4 is 23.1 Å². The second-order valence-corrected chi connectivity index (χ2v) is 9.93. The van der Waals surface area contributed by atoms with E-state index in [2.05, 4.69) is 60.9 Å². The summed E-state index contributed by atoms with van der Waals surface area (Å²) < 4.78 is 17.5. The number of Topliss-reactive ketones (excluding diaryl/α,β-unsaturated/α-hetero) is 1. The molecule has 6 nitrogen and oxygen atoms in total. The molecule has 5 rings (SSSR count). The molecule has 38 heavy (non-hydrogen) atoms. The summed E-state index contributed by atoms with van der Waals surface area (Å²) >= 11 is 0. The topological polar surface area (TPSA) is 78.7 Å². The third-order valence-corrected chi connectivity index (χ3v) is 7.35. The Morgan fingerprint density at radius 1 is 1.13 bits per heavy atom. The van der Waals surface area contributed by atoms with Crippen molar-refractivity contribution in [3.05, 3.63) is 94.0 Å². The van der Waals surface area contributed by atoms with Crippen molar-refractivity contribution in [2.45, 2.75) is 52.2 Å². The molecule has 1 fully saturated rings. The van der Waals surface area contributed by atoms with Crippen LogP contribution in [-0.4, -0.2) is 38.3 Å². The monoisotopic (exact) mass is 512 g/mol. The molecule has 0 aliphatic carbocycles. The van der Waals surface area contributed by atoms with Crippen LogP contribution in [-0.2, 0) is 15.9 Å². The molecule has 0 amide bonds. The average molecular weight is 513 g/mol. The van der Waals surface area contributed by atoms with Gasteiger partial charge in [-0.1, -0.05) is 43.3 Å². The maximum absolute atomic E-state index is 11.8. The number of carbonyl (C=O) groups is 1. The molecule has 6 heteroatoms. The Balaban J connectivity index is 1.46. The summed E-state index contributed by atoms with van der Waals surface area (Å²) in [6.45, 7) is 7.35. The molecule has 0 radical (unpaired) electrons. The van der Waals surface area contributed by atoms with Gasteiger partial charge in [0.05, 0.1) is 26.0 Å². The summed E-state index contributed by atoms with van der Waals surface area (Å²) in [6.07, 6.45) is 11.4. The number of hydrogen-bond donors (Lipinski definition) is 2. The van der Waals surface area contributed by atoms with E-state index in [0.717, 1.165) is 66.3 Å². The van der Waals surface area contributed by atoms with Gasteiger partial charge in [-0.05, 0) is 55.2 Å². The van der Waals surface area contributed by atoms with Crippen molar-refractivity contribution in [2.75, 3.05) is 20.3 Å². The van der Waals surface area contributed by atoms with E-state index >= 15 is 0 Å². The molecule has 1 atom stereocenters. The van der Waals surface area contributed by atoms with E-state index in [1.165, 1.54) is 11.1 Å².